The molecule has 2 aliphatic heterocycles. The fourth-order valence-corrected chi connectivity index (χ4v) is 4.41. The van der Waals surface area contributed by atoms with Gasteiger partial charge in [-0.05, 0) is 18.6 Å². The predicted octanol–water partition coefficient (Wildman–Crippen LogP) is 3.21. The van der Waals surface area contributed by atoms with Crippen LogP contribution in [0.4, 0.5) is 0 Å². The highest BCUT2D eigenvalue weighted by Gasteiger charge is 2.50. The van der Waals surface area contributed by atoms with E-state index >= 15 is 0 Å². The first-order valence-electron chi connectivity index (χ1n) is 8.53. The third-order valence-corrected chi connectivity index (χ3v) is 6.24. The van der Waals surface area contributed by atoms with Gasteiger partial charge in [0.1, 0.15) is 0 Å². The fraction of sp³-hybridized carbons (Fsp3) is 0.526. The molecule has 1 aromatic carbocycles. The smallest absolute Gasteiger partial charge is 0.174 e. The summed E-state index contributed by atoms with van der Waals surface area (Å²) in [7, 11) is 0. The van der Waals surface area contributed by atoms with Crippen LogP contribution in [-0.4, -0.2) is 53.4 Å². The van der Waals surface area contributed by atoms with Gasteiger partial charge in [0, 0.05) is 6.20 Å². The summed E-state index contributed by atoms with van der Waals surface area (Å²) in [5.41, 5.74) is 1.15. The highest BCUT2D eigenvalue weighted by atomic mass is 35.5. The number of Topliss-reactive ketones (excluding diaryl/α,β-unsaturated/α-hetero) is 1. The summed E-state index contributed by atoms with van der Waals surface area (Å²) in [5.74, 6) is 0.429. The number of piperazine rings is 1. The molecule has 0 radical (unpaired) electrons. The molecule has 0 aliphatic carbocycles. The van der Waals surface area contributed by atoms with E-state index in [1.165, 1.54) is 5.56 Å². The summed E-state index contributed by atoms with van der Waals surface area (Å²) in [6, 6.07) is 10.4. The maximum Gasteiger partial charge on any atom is 0.174 e. The third kappa shape index (κ3) is 3.31. The van der Waals surface area contributed by atoms with Crippen LogP contribution in [0, 0.1) is 11.8 Å². The number of carbonyl (C=O) groups is 1. The molecule has 3 unspecified atom stereocenters. The van der Waals surface area contributed by atoms with Crippen molar-refractivity contribution in [1.29, 1.82) is 0 Å². The van der Waals surface area contributed by atoms with Crippen molar-refractivity contribution in [2.75, 3.05) is 32.7 Å². The molecule has 3 rings (SSSR count). The van der Waals surface area contributed by atoms with E-state index in [1.54, 1.807) is 0 Å². The first-order valence-corrected chi connectivity index (χ1v) is 8.96. The van der Waals surface area contributed by atoms with Crippen LogP contribution in [0.2, 0.25) is 0 Å². The highest BCUT2D eigenvalue weighted by Crippen LogP contribution is 2.35. The van der Waals surface area contributed by atoms with Gasteiger partial charge in [0.15, 0.2) is 11.3 Å². The van der Waals surface area contributed by atoms with Crippen LogP contribution < -0.4 is 0 Å². The lowest BCUT2D eigenvalue weighted by molar-refractivity contribution is -0.949. The monoisotopic (exact) mass is 333 g/mol. The maximum absolute atomic E-state index is 12.2. The number of ketones is 1. The van der Waals surface area contributed by atoms with Gasteiger partial charge in [0.25, 0.3) is 0 Å². The Morgan fingerprint density at radius 3 is 2.48 bits per heavy atom. The Bertz CT molecular complexity index is 578. The quantitative estimate of drug-likeness (QED) is 0.470. The molecule has 1 spiro atoms. The van der Waals surface area contributed by atoms with Crippen molar-refractivity contribution in [3.8, 4) is 0 Å². The molecule has 0 saturated carbocycles. The van der Waals surface area contributed by atoms with Gasteiger partial charge in [-0.15, -0.1) is 0 Å². The summed E-state index contributed by atoms with van der Waals surface area (Å²) in [6.07, 6.45) is 4.36. The summed E-state index contributed by atoms with van der Waals surface area (Å²) in [5, 5.41) is 0. The highest BCUT2D eigenvalue weighted by molar-refractivity contribution is 6.21. The van der Waals surface area contributed by atoms with Crippen molar-refractivity contribution in [3.05, 3.63) is 42.1 Å². The Hall–Kier alpha value is -1.32. The Balaban J connectivity index is 1.64. The molecule has 2 fully saturated rings. The van der Waals surface area contributed by atoms with Crippen molar-refractivity contribution < 1.29 is 9.28 Å². The van der Waals surface area contributed by atoms with Gasteiger partial charge >= 0.3 is 0 Å². The van der Waals surface area contributed by atoms with Gasteiger partial charge in [0.05, 0.1) is 44.6 Å². The number of carbonyl (C=O) groups excluding carboxylic acids is 1. The molecule has 4 heteroatoms. The minimum atomic E-state index is -0.0704. The number of nitrogens with zero attached hydrogens (tertiary/aromatic N) is 2. The van der Waals surface area contributed by atoms with Crippen molar-refractivity contribution in [2.24, 2.45) is 11.8 Å². The van der Waals surface area contributed by atoms with E-state index in [-0.39, 0.29) is 17.3 Å². The Morgan fingerprint density at radius 2 is 1.83 bits per heavy atom. The molecular formula is C19H26ClN2O+. The number of quaternary nitrogens is 1. The lowest BCUT2D eigenvalue weighted by Gasteiger charge is -2.52. The molecule has 2 aliphatic rings. The number of benzene rings is 1. The minimum Gasteiger partial charge on any atom is -0.366 e. The van der Waals surface area contributed by atoms with E-state index in [0.29, 0.717) is 5.78 Å². The fourth-order valence-electron chi connectivity index (χ4n) is 4.01. The van der Waals surface area contributed by atoms with Gasteiger partial charge in [-0.3, -0.25) is 4.79 Å². The summed E-state index contributed by atoms with van der Waals surface area (Å²) in [4.78, 5) is 14.5. The van der Waals surface area contributed by atoms with Gasteiger partial charge < -0.3 is 9.38 Å². The Morgan fingerprint density at radius 1 is 1.17 bits per heavy atom. The van der Waals surface area contributed by atoms with E-state index in [2.05, 4.69) is 48.4 Å². The molecule has 1 aromatic rings. The summed E-state index contributed by atoms with van der Waals surface area (Å²) >= 11 is 6.70. The zero-order chi connectivity index (χ0) is 16.4. The standard InChI is InChI=1S/C19H26ClN2O/c1-15-14-22(19(20)16(2)18(15)23)12-10-21(11-13-22)9-8-17-6-4-3-5-7-17/h3-9,15-16,19H,10-14H2,1-2H3/q+1. The molecule has 2 saturated heterocycles. The van der Waals surface area contributed by atoms with E-state index < -0.39 is 0 Å². The topological polar surface area (TPSA) is 20.3 Å². The van der Waals surface area contributed by atoms with Crippen LogP contribution in [0.25, 0.3) is 6.08 Å². The zero-order valence-corrected chi connectivity index (χ0v) is 14.7. The molecule has 0 N–H and O–H groups in total. The second kappa shape index (κ2) is 6.66. The largest absolute Gasteiger partial charge is 0.366 e. The van der Waals surface area contributed by atoms with Gasteiger partial charge in [-0.1, -0.05) is 48.9 Å². The van der Waals surface area contributed by atoms with Crippen molar-refractivity contribution >= 4 is 23.5 Å². The van der Waals surface area contributed by atoms with E-state index in [9.17, 15) is 4.79 Å². The number of hydrogen-bond acceptors (Lipinski definition) is 2. The van der Waals surface area contributed by atoms with Crippen LogP contribution in [0.1, 0.15) is 19.4 Å². The molecule has 3 nitrogen and oxygen atoms in total. The average Bonchev–Trinajstić information content (AvgIpc) is 2.59. The second-order valence-electron chi connectivity index (χ2n) is 7.08. The van der Waals surface area contributed by atoms with Crippen molar-refractivity contribution in [2.45, 2.75) is 19.3 Å². The second-order valence-corrected chi connectivity index (χ2v) is 7.52. The van der Waals surface area contributed by atoms with Crippen molar-refractivity contribution in [3.63, 3.8) is 0 Å². The molecule has 124 valence electrons. The predicted molar refractivity (Wildman–Crippen MR) is 94.9 cm³/mol. The normalized spacial score (nSPS) is 31.0. The first-order chi connectivity index (χ1) is 11.0. The number of rotatable bonds is 2. The molecule has 0 bridgehead atoms. The first kappa shape index (κ1) is 16.5. The van der Waals surface area contributed by atoms with Crippen LogP contribution in [0.15, 0.2) is 36.5 Å². The molecule has 0 aromatic heterocycles. The van der Waals surface area contributed by atoms with Gasteiger partial charge in [-0.2, -0.15) is 0 Å². The van der Waals surface area contributed by atoms with E-state index in [4.69, 9.17) is 11.6 Å². The third-order valence-electron chi connectivity index (χ3n) is 5.45. The van der Waals surface area contributed by atoms with Gasteiger partial charge in [-0.25, -0.2) is 0 Å². The molecule has 2 heterocycles. The van der Waals surface area contributed by atoms with Crippen LogP contribution >= 0.6 is 11.6 Å². The van der Waals surface area contributed by atoms with E-state index in [0.717, 1.165) is 37.2 Å². The van der Waals surface area contributed by atoms with Gasteiger partial charge in [0.2, 0.25) is 0 Å². The molecule has 3 atom stereocenters. The SMILES string of the molecule is CC1C[N+]2(CCN(C=Cc3ccccc3)CC2)C(Cl)C(C)C1=O. The molecule has 23 heavy (non-hydrogen) atoms. The van der Waals surface area contributed by atoms with Crippen LogP contribution in [0.3, 0.4) is 0 Å². The minimum absolute atomic E-state index is 0.0353. The number of alkyl halides is 1. The number of hydrogen-bond donors (Lipinski definition) is 0. The average molecular weight is 334 g/mol. The van der Waals surface area contributed by atoms with Crippen LogP contribution in [-0.2, 0) is 4.79 Å². The lowest BCUT2D eigenvalue weighted by atomic mass is 9.87. The molecular weight excluding hydrogens is 308 g/mol. The Labute approximate surface area is 144 Å². The number of halogens is 1. The van der Waals surface area contributed by atoms with E-state index in [1.807, 2.05) is 13.0 Å². The summed E-state index contributed by atoms with van der Waals surface area (Å²) in [6.45, 7) is 9.00. The maximum atomic E-state index is 12.2. The Kier molecular flexibility index (Phi) is 4.79. The molecule has 0 amide bonds. The summed E-state index contributed by atoms with van der Waals surface area (Å²) < 4.78 is 0.894. The lowest BCUT2D eigenvalue weighted by Crippen LogP contribution is -2.68. The van der Waals surface area contributed by atoms with Crippen molar-refractivity contribution in [1.82, 2.24) is 4.90 Å². The zero-order valence-electron chi connectivity index (χ0n) is 14.0. The van der Waals surface area contributed by atoms with Crippen LogP contribution in [0.5, 0.6) is 0 Å². The number of piperidine rings is 1.